The summed E-state index contributed by atoms with van der Waals surface area (Å²) in [6.45, 7) is 0. The van der Waals surface area contributed by atoms with Crippen LogP contribution in [0.3, 0.4) is 0 Å². The molecule has 8 heteroatoms. The number of carbonyl (C=O) groups is 1. The number of rotatable bonds is 3. The zero-order chi connectivity index (χ0) is 14.8. The smallest absolute Gasteiger partial charge is 0.254 e. The first kappa shape index (κ1) is 14.3. The van der Waals surface area contributed by atoms with Gasteiger partial charge in [-0.3, -0.25) is 4.79 Å². The SMILES string of the molecule is O=C(NC1CCCC1n1ccnc1)c1cc(Cl)nnc1Cl. The van der Waals surface area contributed by atoms with Crippen LogP contribution in [-0.2, 0) is 0 Å². The van der Waals surface area contributed by atoms with E-state index in [0.29, 0.717) is 0 Å². The summed E-state index contributed by atoms with van der Waals surface area (Å²) in [6, 6.07) is 1.67. The average molecular weight is 326 g/mol. The van der Waals surface area contributed by atoms with Crippen molar-refractivity contribution in [1.29, 1.82) is 0 Å². The summed E-state index contributed by atoms with van der Waals surface area (Å²) in [6.07, 6.45) is 8.39. The van der Waals surface area contributed by atoms with Crippen LogP contribution in [0.1, 0.15) is 35.7 Å². The van der Waals surface area contributed by atoms with E-state index in [1.54, 1.807) is 12.5 Å². The Morgan fingerprint density at radius 2 is 2.19 bits per heavy atom. The van der Waals surface area contributed by atoms with Gasteiger partial charge >= 0.3 is 0 Å². The molecule has 1 fully saturated rings. The molecule has 1 aliphatic carbocycles. The first-order valence-corrected chi connectivity index (χ1v) is 7.38. The van der Waals surface area contributed by atoms with E-state index in [9.17, 15) is 4.79 Å². The van der Waals surface area contributed by atoms with Crippen LogP contribution in [0.4, 0.5) is 0 Å². The van der Waals surface area contributed by atoms with E-state index in [4.69, 9.17) is 23.2 Å². The van der Waals surface area contributed by atoms with Crippen LogP contribution in [0.15, 0.2) is 24.8 Å². The molecule has 0 aromatic carbocycles. The van der Waals surface area contributed by atoms with Crippen LogP contribution in [0, 0.1) is 0 Å². The van der Waals surface area contributed by atoms with Gasteiger partial charge in [-0.15, -0.1) is 10.2 Å². The Morgan fingerprint density at radius 3 is 2.95 bits per heavy atom. The van der Waals surface area contributed by atoms with Crippen LogP contribution < -0.4 is 5.32 Å². The molecule has 2 unspecified atom stereocenters. The zero-order valence-electron chi connectivity index (χ0n) is 11.0. The lowest BCUT2D eigenvalue weighted by molar-refractivity contribution is 0.0928. The molecule has 0 spiro atoms. The molecule has 0 aliphatic heterocycles. The highest BCUT2D eigenvalue weighted by molar-refractivity contribution is 6.34. The third kappa shape index (κ3) is 3.01. The second-order valence-corrected chi connectivity index (χ2v) is 5.70. The van der Waals surface area contributed by atoms with Gasteiger partial charge in [-0.2, -0.15) is 0 Å². The van der Waals surface area contributed by atoms with Crippen LogP contribution >= 0.6 is 23.2 Å². The molecule has 1 saturated carbocycles. The number of nitrogens with one attached hydrogen (secondary N) is 1. The van der Waals surface area contributed by atoms with Crippen molar-refractivity contribution in [2.45, 2.75) is 31.3 Å². The lowest BCUT2D eigenvalue weighted by Gasteiger charge is -2.22. The highest BCUT2D eigenvalue weighted by Crippen LogP contribution is 2.30. The molecule has 110 valence electrons. The second-order valence-electron chi connectivity index (χ2n) is 4.96. The first-order chi connectivity index (χ1) is 10.1. The molecule has 1 aliphatic rings. The summed E-state index contributed by atoms with van der Waals surface area (Å²) in [5.41, 5.74) is 0.243. The number of aromatic nitrogens is 4. The summed E-state index contributed by atoms with van der Waals surface area (Å²) in [5.74, 6) is -0.284. The van der Waals surface area contributed by atoms with Gasteiger partial charge < -0.3 is 9.88 Å². The standard InChI is InChI=1S/C13H13Cl2N5O/c14-11-6-8(12(15)19-18-11)13(21)17-9-2-1-3-10(9)20-5-4-16-7-20/h4-7,9-10H,1-3H2,(H,17,21). The van der Waals surface area contributed by atoms with E-state index >= 15 is 0 Å². The lowest BCUT2D eigenvalue weighted by atomic mass is 10.1. The third-order valence-corrected chi connectivity index (χ3v) is 4.13. The summed E-state index contributed by atoms with van der Waals surface area (Å²) >= 11 is 11.7. The number of hydrogen-bond donors (Lipinski definition) is 1. The van der Waals surface area contributed by atoms with Gasteiger partial charge in [0.25, 0.3) is 5.91 Å². The van der Waals surface area contributed by atoms with Crippen molar-refractivity contribution in [2.75, 3.05) is 0 Å². The first-order valence-electron chi connectivity index (χ1n) is 6.62. The Hall–Kier alpha value is -1.66. The van der Waals surface area contributed by atoms with Crippen molar-refractivity contribution in [3.63, 3.8) is 0 Å². The number of nitrogens with zero attached hydrogens (tertiary/aromatic N) is 4. The third-order valence-electron chi connectivity index (χ3n) is 3.67. The molecule has 1 N–H and O–H groups in total. The molecule has 1 amide bonds. The Kier molecular flexibility index (Phi) is 4.07. The van der Waals surface area contributed by atoms with E-state index in [2.05, 4.69) is 20.5 Å². The van der Waals surface area contributed by atoms with Crippen LogP contribution in [-0.4, -0.2) is 31.7 Å². The molecule has 0 saturated heterocycles. The fraction of sp³-hybridized carbons (Fsp3) is 0.385. The molecule has 2 atom stereocenters. The molecule has 6 nitrogen and oxygen atoms in total. The molecule has 2 heterocycles. The molecule has 2 aromatic heterocycles. The van der Waals surface area contributed by atoms with Crippen LogP contribution in [0.25, 0.3) is 0 Å². The molecule has 2 aromatic rings. The van der Waals surface area contributed by atoms with Gasteiger partial charge in [0, 0.05) is 18.4 Å². The second kappa shape index (κ2) is 5.99. The fourth-order valence-electron chi connectivity index (χ4n) is 2.69. The van der Waals surface area contributed by atoms with Crippen molar-refractivity contribution in [1.82, 2.24) is 25.1 Å². The minimum absolute atomic E-state index is 0.0368. The summed E-state index contributed by atoms with van der Waals surface area (Å²) in [4.78, 5) is 16.4. The molecule has 0 radical (unpaired) electrons. The van der Waals surface area contributed by atoms with Gasteiger partial charge in [-0.1, -0.05) is 23.2 Å². The van der Waals surface area contributed by atoms with E-state index in [1.165, 1.54) is 6.07 Å². The van der Waals surface area contributed by atoms with E-state index in [0.717, 1.165) is 19.3 Å². The van der Waals surface area contributed by atoms with Gasteiger partial charge in [0.05, 0.1) is 17.9 Å². The lowest BCUT2D eigenvalue weighted by Crippen LogP contribution is -2.38. The molecule has 3 rings (SSSR count). The number of imidazole rings is 1. The highest BCUT2D eigenvalue weighted by atomic mass is 35.5. The Morgan fingerprint density at radius 1 is 1.33 bits per heavy atom. The summed E-state index contributed by atoms with van der Waals surface area (Å²) in [7, 11) is 0. The van der Waals surface area contributed by atoms with Gasteiger partial charge in [0.15, 0.2) is 10.3 Å². The molecule has 0 bridgehead atoms. The van der Waals surface area contributed by atoms with Crippen molar-refractivity contribution >= 4 is 29.1 Å². The molecule has 21 heavy (non-hydrogen) atoms. The zero-order valence-corrected chi connectivity index (χ0v) is 12.6. The monoisotopic (exact) mass is 325 g/mol. The molecular formula is C13H13Cl2N5O. The maximum Gasteiger partial charge on any atom is 0.254 e. The Bertz CT molecular complexity index is 646. The summed E-state index contributed by atoms with van der Waals surface area (Å²) < 4.78 is 2.03. The van der Waals surface area contributed by atoms with Gasteiger partial charge in [-0.25, -0.2) is 4.98 Å². The normalized spacial score (nSPS) is 21.4. The average Bonchev–Trinajstić information content (AvgIpc) is 3.11. The van der Waals surface area contributed by atoms with E-state index in [1.807, 2.05) is 10.8 Å². The minimum atomic E-state index is -0.284. The van der Waals surface area contributed by atoms with Crippen LogP contribution in [0.2, 0.25) is 10.3 Å². The number of amides is 1. The minimum Gasteiger partial charge on any atom is -0.347 e. The summed E-state index contributed by atoms with van der Waals surface area (Å²) in [5, 5.41) is 10.4. The number of carbonyl (C=O) groups excluding carboxylic acids is 1. The molecular weight excluding hydrogens is 313 g/mol. The number of hydrogen-bond acceptors (Lipinski definition) is 4. The maximum atomic E-state index is 12.3. The highest BCUT2D eigenvalue weighted by Gasteiger charge is 2.30. The van der Waals surface area contributed by atoms with E-state index < -0.39 is 0 Å². The van der Waals surface area contributed by atoms with Gasteiger partial charge in [0.1, 0.15) is 0 Å². The van der Waals surface area contributed by atoms with Gasteiger partial charge in [-0.05, 0) is 25.3 Å². The maximum absolute atomic E-state index is 12.3. The largest absolute Gasteiger partial charge is 0.347 e. The van der Waals surface area contributed by atoms with Crippen LogP contribution in [0.5, 0.6) is 0 Å². The van der Waals surface area contributed by atoms with Crippen molar-refractivity contribution in [3.8, 4) is 0 Å². The predicted octanol–water partition coefficient (Wildman–Crippen LogP) is 2.50. The van der Waals surface area contributed by atoms with Crippen molar-refractivity contribution in [2.24, 2.45) is 0 Å². The fourth-order valence-corrected chi connectivity index (χ4v) is 3.01. The quantitative estimate of drug-likeness (QED) is 0.941. The Balaban J connectivity index is 1.76. The predicted molar refractivity (Wildman–Crippen MR) is 78.4 cm³/mol. The van der Waals surface area contributed by atoms with Crippen molar-refractivity contribution in [3.05, 3.63) is 40.7 Å². The van der Waals surface area contributed by atoms with Crippen molar-refractivity contribution < 1.29 is 4.79 Å². The van der Waals surface area contributed by atoms with Gasteiger partial charge in [0.2, 0.25) is 0 Å². The number of halogens is 2. The van der Waals surface area contributed by atoms with E-state index in [-0.39, 0.29) is 33.9 Å². The Labute approximate surface area is 131 Å². The topological polar surface area (TPSA) is 72.7 Å².